The van der Waals surface area contributed by atoms with Crippen molar-refractivity contribution in [2.45, 2.75) is 51.1 Å². The van der Waals surface area contributed by atoms with E-state index in [1.165, 1.54) is 0 Å². The lowest BCUT2D eigenvalue weighted by atomic mass is 10.0. The Morgan fingerprint density at radius 2 is 1.61 bits per heavy atom. The van der Waals surface area contributed by atoms with Gasteiger partial charge in [-0.15, -0.1) is 11.8 Å². The van der Waals surface area contributed by atoms with Gasteiger partial charge in [0.15, 0.2) is 0 Å². The number of nitrogens with zero attached hydrogens (tertiary/aromatic N) is 1. The van der Waals surface area contributed by atoms with Gasteiger partial charge in [-0.25, -0.2) is 0 Å². The maximum Gasteiger partial charge on any atom is 0.243 e. The number of hydrogen-bond donors (Lipinski definition) is 1. The summed E-state index contributed by atoms with van der Waals surface area (Å²) in [5, 5.41) is 3.77. The van der Waals surface area contributed by atoms with Gasteiger partial charge in [0.25, 0.3) is 0 Å². The van der Waals surface area contributed by atoms with Crippen molar-refractivity contribution in [1.82, 2.24) is 10.2 Å². The molecular formula is C30H35ClN2O2S. The van der Waals surface area contributed by atoms with Crippen molar-refractivity contribution < 1.29 is 9.59 Å². The van der Waals surface area contributed by atoms with Gasteiger partial charge in [0.2, 0.25) is 11.8 Å². The first-order valence-electron chi connectivity index (χ1n) is 12.4. The zero-order valence-corrected chi connectivity index (χ0v) is 22.8. The van der Waals surface area contributed by atoms with E-state index in [4.69, 9.17) is 11.6 Å². The molecule has 190 valence electrons. The van der Waals surface area contributed by atoms with Crippen LogP contribution in [0.3, 0.4) is 0 Å². The molecule has 0 aliphatic carbocycles. The van der Waals surface area contributed by atoms with Crippen molar-refractivity contribution in [2.75, 3.05) is 12.3 Å². The van der Waals surface area contributed by atoms with Gasteiger partial charge in [-0.05, 0) is 53.8 Å². The van der Waals surface area contributed by atoms with Crippen LogP contribution < -0.4 is 5.32 Å². The normalized spacial score (nSPS) is 11.8. The van der Waals surface area contributed by atoms with Crippen LogP contribution >= 0.6 is 23.4 Å². The van der Waals surface area contributed by atoms with Gasteiger partial charge >= 0.3 is 0 Å². The molecule has 4 nitrogen and oxygen atoms in total. The minimum absolute atomic E-state index is 0.0275. The van der Waals surface area contributed by atoms with Gasteiger partial charge in [0, 0.05) is 41.6 Å². The fraction of sp³-hybridized carbons (Fsp3) is 0.333. The van der Waals surface area contributed by atoms with Gasteiger partial charge in [0.1, 0.15) is 6.04 Å². The van der Waals surface area contributed by atoms with Crippen molar-refractivity contribution in [3.8, 4) is 0 Å². The summed E-state index contributed by atoms with van der Waals surface area (Å²) in [6.07, 6.45) is 0.800. The monoisotopic (exact) mass is 522 g/mol. The van der Waals surface area contributed by atoms with Crippen LogP contribution in [0.1, 0.15) is 37.0 Å². The Morgan fingerprint density at radius 1 is 0.944 bits per heavy atom. The zero-order valence-electron chi connectivity index (χ0n) is 21.2. The van der Waals surface area contributed by atoms with E-state index in [0.717, 1.165) is 21.6 Å². The van der Waals surface area contributed by atoms with E-state index in [2.05, 4.69) is 19.2 Å². The van der Waals surface area contributed by atoms with Crippen LogP contribution in [0.4, 0.5) is 0 Å². The summed E-state index contributed by atoms with van der Waals surface area (Å²) in [5.41, 5.74) is 3.18. The molecule has 1 atom stereocenters. The molecule has 0 heterocycles. The minimum atomic E-state index is -0.598. The van der Waals surface area contributed by atoms with Crippen LogP contribution in [-0.4, -0.2) is 35.1 Å². The number of amides is 2. The van der Waals surface area contributed by atoms with E-state index in [0.29, 0.717) is 42.6 Å². The first-order chi connectivity index (χ1) is 17.3. The first kappa shape index (κ1) is 27.8. The van der Waals surface area contributed by atoms with E-state index in [-0.39, 0.29) is 11.8 Å². The third-order valence-electron chi connectivity index (χ3n) is 5.96. The number of rotatable bonds is 12. The smallest absolute Gasteiger partial charge is 0.243 e. The Balaban J connectivity index is 1.84. The van der Waals surface area contributed by atoms with Crippen molar-refractivity contribution >= 4 is 35.2 Å². The van der Waals surface area contributed by atoms with E-state index < -0.39 is 6.04 Å². The number of benzene rings is 3. The van der Waals surface area contributed by atoms with Crippen molar-refractivity contribution in [2.24, 2.45) is 5.92 Å². The molecule has 0 radical (unpaired) electrons. The fourth-order valence-corrected chi connectivity index (χ4v) is 4.85. The van der Waals surface area contributed by atoms with Crippen LogP contribution in [0.25, 0.3) is 0 Å². The molecule has 0 spiro atoms. The molecule has 0 aromatic heterocycles. The first-order valence-corrected chi connectivity index (χ1v) is 13.7. The average molecular weight is 523 g/mol. The lowest BCUT2D eigenvalue weighted by Crippen LogP contribution is -2.51. The molecule has 1 N–H and O–H groups in total. The van der Waals surface area contributed by atoms with Crippen molar-refractivity contribution in [3.05, 3.63) is 101 Å². The van der Waals surface area contributed by atoms with Gasteiger partial charge < -0.3 is 10.2 Å². The summed E-state index contributed by atoms with van der Waals surface area (Å²) in [6, 6.07) is 25.0. The van der Waals surface area contributed by atoms with E-state index in [9.17, 15) is 9.59 Å². The molecule has 36 heavy (non-hydrogen) atoms. The summed E-state index contributed by atoms with van der Waals surface area (Å²) in [6.45, 7) is 7.14. The standard InChI is InChI=1S/C30H35ClN2O2S/c1-22(2)20-32-30(35)28(19-24-10-5-4-6-11-24)33(21-25-12-8-7-9-23(25)3)29(34)17-18-36-27-15-13-26(31)14-16-27/h4-16,22,28H,17-21H2,1-3H3,(H,32,35)/t28-/m0/s1. The van der Waals surface area contributed by atoms with Crippen molar-refractivity contribution in [1.29, 1.82) is 0 Å². The molecule has 3 aromatic rings. The SMILES string of the molecule is Cc1ccccc1CN(C(=O)CCSc1ccc(Cl)cc1)[C@@H](Cc1ccccc1)C(=O)NCC(C)C. The highest BCUT2D eigenvalue weighted by atomic mass is 35.5. The Bertz CT molecular complexity index is 1120. The highest BCUT2D eigenvalue weighted by Crippen LogP contribution is 2.23. The zero-order chi connectivity index (χ0) is 25.9. The maximum absolute atomic E-state index is 13.7. The quantitative estimate of drug-likeness (QED) is 0.275. The third kappa shape index (κ3) is 8.72. The maximum atomic E-state index is 13.7. The molecule has 3 aromatic carbocycles. The Morgan fingerprint density at radius 3 is 2.28 bits per heavy atom. The van der Waals surface area contributed by atoms with E-state index in [1.54, 1.807) is 16.7 Å². The Hall–Kier alpha value is -2.76. The summed E-state index contributed by atoms with van der Waals surface area (Å²) in [4.78, 5) is 30.0. The molecule has 0 saturated heterocycles. The lowest BCUT2D eigenvalue weighted by Gasteiger charge is -2.32. The molecule has 6 heteroatoms. The second-order valence-corrected chi connectivity index (χ2v) is 10.9. The van der Waals surface area contributed by atoms with Crippen LogP contribution in [0.5, 0.6) is 0 Å². The molecule has 0 fully saturated rings. The number of halogens is 1. The largest absolute Gasteiger partial charge is 0.354 e. The number of hydrogen-bond acceptors (Lipinski definition) is 3. The molecule has 3 rings (SSSR count). The summed E-state index contributed by atoms with van der Waals surface area (Å²) < 4.78 is 0. The van der Waals surface area contributed by atoms with Gasteiger partial charge in [0.05, 0.1) is 0 Å². The molecule has 0 unspecified atom stereocenters. The Labute approximate surface area is 224 Å². The minimum Gasteiger partial charge on any atom is -0.354 e. The van der Waals surface area contributed by atoms with Gasteiger partial charge in [-0.1, -0.05) is 80.0 Å². The van der Waals surface area contributed by atoms with Crippen LogP contribution in [0, 0.1) is 12.8 Å². The summed E-state index contributed by atoms with van der Waals surface area (Å²) >= 11 is 7.61. The number of carbonyl (C=O) groups is 2. The van der Waals surface area contributed by atoms with Gasteiger partial charge in [-0.3, -0.25) is 9.59 Å². The predicted molar refractivity (Wildman–Crippen MR) is 150 cm³/mol. The average Bonchev–Trinajstić information content (AvgIpc) is 2.87. The molecule has 0 aliphatic rings. The van der Waals surface area contributed by atoms with Crippen LogP contribution in [0.15, 0.2) is 83.8 Å². The highest BCUT2D eigenvalue weighted by Gasteiger charge is 2.30. The van der Waals surface area contributed by atoms with Crippen LogP contribution in [0.2, 0.25) is 5.02 Å². The molecular weight excluding hydrogens is 488 g/mol. The summed E-state index contributed by atoms with van der Waals surface area (Å²) in [5.74, 6) is 0.805. The van der Waals surface area contributed by atoms with Crippen LogP contribution in [-0.2, 0) is 22.6 Å². The summed E-state index contributed by atoms with van der Waals surface area (Å²) in [7, 11) is 0. The topological polar surface area (TPSA) is 49.4 Å². The van der Waals surface area contributed by atoms with E-state index >= 15 is 0 Å². The van der Waals surface area contributed by atoms with E-state index in [1.807, 2.05) is 85.8 Å². The lowest BCUT2D eigenvalue weighted by molar-refractivity contribution is -0.141. The Kier molecular flexibility index (Phi) is 10.9. The number of aryl methyl sites for hydroxylation is 1. The number of carbonyl (C=O) groups excluding carboxylic acids is 2. The fourth-order valence-electron chi connectivity index (χ4n) is 3.88. The highest BCUT2D eigenvalue weighted by molar-refractivity contribution is 7.99. The van der Waals surface area contributed by atoms with Crippen molar-refractivity contribution in [3.63, 3.8) is 0 Å². The predicted octanol–water partition coefficient (Wildman–Crippen LogP) is 6.54. The second kappa shape index (κ2) is 14.1. The third-order valence-corrected chi connectivity index (χ3v) is 7.22. The molecule has 0 bridgehead atoms. The van der Waals surface area contributed by atoms with Gasteiger partial charge in [-0.2, -0.15) is 0 Å². The number of thioether (sulfide) groups is 1. The molecule has 0 aliphatic heterocycles. The second-order valence-electron chi connectivity index (χ2n) is 9.35. The molecule has 0 saturated carbocycles. The number of nitrogens with one attached hydrogen (secondary N) is 1. The molecule has 2 amide bonds.